The van der Waals surface area contributed by atoms with Crippen LogP contribution in [0.3, 0.4) is 0 Å². The van der Waals surface area contributed by atoms with Gasteiger partial charge in [-0.15, -0.1) is 0 Å². The summed E-state index contributed by atoms with van der Waals surface area (Å²) in [6.45, 7) is 5.26. The number of azide groups is 1. The molecule has 0 aliphatic heterocycles. The van der Waals surface area contributed by atoms with E-state index in [-0.39, 0.29) is 24.5 Å². The van der Waals surface area contributed by atoms with Gasteiger partial charge in [-0.1, -0.05) is 5.11 Å². The van der Waals surface area contributed by atoms with Crippen molar-refractivity contribution in [3.05, 3.63) is 38.7 Å². The predicted octanol–water partition coefficient (Wildman–Crippen LogP) is 4.24. The SMILES string of the molecule is CC(C)(C)C(=O)OC1CC(N=[N+]=[N-])(c2ncc(Br)cc2F)C1. The van der Waals surface area contributed by atoms with Crippen LogP contribution < -0.4 is 0 Å². The van der Waals surface area contributed by atoms with E-state index in [2.05, 4.69) is 30.9 Å². The average molecular weight is 371 g/mol. The van der Waals surface area contributed by atoms with Crippen LogP contribution >= 0.6 is 15.9 Å². The Balaban J connectivity index is 2.18. The van der Waals surface area contributed by atoms with Crippen LogP contribution in [-0.2, 0) is 15.1 Å². The normalized spacial score (nSPS) is 24.1. The summed E-state index contributed by atoms with van der Waals surface area (Å²) >= 11 is 3.13. The highest BCUT2D eigenvalue weighted by molar-refractivity contribution is 9.10. The van der Waals surface area contributed by atoms with Gasteiger partial charge in [0, 0.05) is 28.4 Å². The van der Waals surface area contributed by atoms with Crippen LogP contribution in [0.5, 0.6) is 0 Å². The molecule has 0 N–H and O–H groups in total. The Morgan fingerprint density at radius 3 is 2.73 bits per heavy atom. The summed E-state index contributed by atoms with van der Waals surface area (Å²) < 4.78 is 19.9. The summed E-state index contributed by atoms with van der Waals surface area (Å²) in [5.74, 6) is -0.890. The number of ether oxygens (including phenoxy) is 1. The molecule has 1 aliphatic rings. The van der Waals surface area contributed by atoms with Gasteiger partial charge in [0.1, 0.15) is 17.5 Å². The van der Waals surface area contributed by atoms with Crippen molar-refractivity contribution in [3.63, 3.8) is 0 Å². The van der Waals surface area contributed by atoms with Crippen LogP contribution in [0.2, 0.25) is 0 Å². The van der Waals surface area contributed by atoms with Gasteiger partial charge in [0.05, 0.1) is 11.1 Å². The summed E-state index contributed by atoms with van der Waals surface area (Å²) in [5, 5.41) is 3.71. The van der Waals surface area contributed by atoms with Crippen molar-refractivity contribution < 1.29 is 13.9 Å². The van der Waals surface area contributed by atoms with Gasteiger partial charge in [0.25, 0.3) is 0 Å². The first-order valence-electron chi connectivity index (χ1n) is 6.77. The smallest absolute Gasteiger partial charge is 0.311 e. The third-order valence-corrected chi connectivity index (χ3v) is 3.94. The topological polar surface area (TPSA) is 88.0 Å². The Kier molecular flexibility index (Phi) is 4.44. The molecule has 0 unspecified atom stereocenters. The van der Waals surface area contributed by atoms with Crippen LogP contribution in [0, 0.1) is 11.2 Å². The van der Waals surface area contributed by atoms with Crippen LogP contribution in [0.25, 0.3) is 10.4 Å². The fraction of sp³-hybridized carbons (Fsp3) is 0.571. The first kappa shape index (κ1) is 16.7. The summed E-state index contributed by atoms with van der Waals surface area (Å²) in [5.41, 5.74) is 7.13. The van der Waals surface area contributed by atoms with Gasteiger partial charge in [-0.2, -0.15) is 0 Å². The fourth-order valence-corrected chi connectivity index (χ4v) is 2.57. The summed E-state index contributed by atoms with van der Waals surface area (Å²) in [7, 11) is 0. The number of pyridine rings is 1. The fourth-order valence-electron chi connectivity index (χ4n) is 2.27. The van der Waals surface area contributed by atoms with E-state index in [0.29, 0.717) is 4.47 Å². The van der Waals surface area contributed by atoms with E-state index in [4.69, 9.17) is 10.3 Å². The van der Waals surface area contributed by atoms with Gasteiger partial charge < -0.3 is 4.74 Å². The average Bonchev–Trinajstić information content (AvgIpc) is 2.34. The minimum atomic E-state index is -1.09. The zero-order valence-electron chi connectivity index (χ0n) is 12.5. The van der Waals surface area contributed by atoms with Gasteiger partial charge in [-0.05, 0) is 48.3 Å². The lowest BCUT2D eigenvalue weighted by atomic mass is 9.72. The van der Waals surface area contributed by atoms with E-state index in [9.17, 15) is 9.18 Å². The van der Waals surface area contributed by atoms with Crippen molar-refractivity contribution in [3.8, 4) is 0 Å². The minimum Gasteiger partial charge on any atom is -0.462 e. The minimum absolute atomic E-state index is 0.0801. The highest BCUT2D eigenvalue weighted by atomic mass is 79.9. The maximum absolute atomic E-state index is 14.1. The van der Waals surface area contributed by atoms with Gasteiger partial charge in [0.2, 0.25) is 0 Å². The molecule has 0 bridgehead atoms. The molecule has 118 valence electrons. The Bertz CT molecular complexity index is 647. The second-order valence-corrected chi connectivity index (χ2v) is 7.31. The molecule has 1 fully saturated rings. The number of aromatic nitrogens is 1. The molecule has 8 heteroatoms. The van der Waals surface area contributed by atoms with Crippen LogP contribution in [0.1, 0.15) is 39.3 Å². The molecule has 1 aliphatic carbocycles. The lowest BCUT2D eigenvalue weighted by molar-refractivity contribution is -0.166. The molecule has 0 aromatic carbocycles. The van der Waals surface area contributed by atoms with Crippen molar-refractivity contribution in [2.75, 3.05) is 0 Å². The Morgan fingerprint density at radius 2 is 2.23 bits per heavy atom. The largest absolute Gasteiger partial charge is 0.462 e. The highest BCUT2D eigenvalue weighted by Gasteiger charge is 2.50. The van der Waals surface area contributed by atoms with E-state index >= 15 is 0 Å². The number of nitrogens with zero attached hydrogens (tertiary/aromatic N) is 4. The summed E-state index contributed by atoms with van der Waals surface area (Å²) in [6.07, 6.45) is 1.50. The molecular formula is C14H16BrFN4O2. The third-order valence-electron chi connectivity index (χ3n) is 3.50. The standard InChI is InChI=1S/C14H16BrFN4O2/c1-13(2,3)12(21)22-9-5-14(6-9,19-20-17)11-10(16)4-8(15)7-18-11/h4,7,9H,5-6H2,1-3H3. The van der Waals surface area contributed by atoms with E-state index < -0.39 is 22.9 Å². The zero-order valence-corrected chi connectivity index (χ0v) is 14.1. The van der Waals surface area contributed by atoms with Crippen molar-refractivity contribution >= 4 is 21.9 Å². The van der Waals surface area contributed by atoms with Crippen LogP contribution in [-0.4, -0.2) is 17.1 Å². The number of rotatable bonds is 3. The predicted molar refractivity (Wildman–Crippen MR) is 81.3 cm³/mol. The molecule has 0 saturated heterocycles. The number of hydrogen-bond donors (Lipinski definition) is 0. The number of carbonyl (C=O) groups excluding carboxylic acids is 1. The van der Waals surface area contributed by atoms with Crippen molar-refractivity contribution in [2.45, 2.75) is 45.3 Å². The summed E-state index contributed by atoms with van der Waals surface area (Å²) in [6, 6.07) is 1.27. The van der Waals surface area contributed by atoms with Crippen molar-refractivity contribution in [1.82, 2.24) is 4.98 Å². The highest BCUT2D eigenvalue weighted by Crippen LogP contribution is 2.47. The van der Waals surface area contributed by atoms with Gasteiger partial charge in [-0.3, -0.25) is 9.78 Å². The molecule has 0 atom stereocenters. The third kappa shape index (κ3) is 3.23. The lowest BCUT2D eigenvalue weighted by Gasteiger charge is -2.43. The molecule has 0 radical (unpaired) electrons. The molecular weight excluding hydrogens is 355 g/mol. The molecule has 22 heavy (non-hydrogen) atoms. The number of hydrogen-bond acceptors (Lipinski definition) is 4. The molecule has 1 heterocycles. The molecule has 1 aromatic rings. The lowest BCUT2D eigenvalue weighted by Crippen LogP contribution is -2.47. The monoisotopic (exact) mass is 370 g/mol. The number of carbonyl (C=O) groups is 1. The maximum atomic E-state index is 14.1. The first-order chi connectivity index (χ1) is 10.2. The van der Waals surface area contributed by atoms with Crippen LogP contribution in [0.4, 0.5) is 4.39 Å². The van der Waals surface area contributed by atoms with E-state index in [0.717, 1.165) is 0 Å². The molecule has 6 nitrogen and oxygen atoms in total. The zero-order chi connectivity index (χ0) is 16.5. The number of halogens is 2. The molecule has 1 saturated carbocycles. The van der Waals surface area contributed by atoms with Crippen molar-refractivity contribution in [2.24, 2.45) is 10.5 Å². The Hall–Kier alpha value is -1.66. The first-order valence-corrected chi connectivity index (χ1v) is 7.56. The maximum Gasteiger partial charge on any atom is 0.311 e. The summed E-state index contributed by atoms with van der Waals surface area (Å²) in [4.78, 5) is 18.7. The number of esters is 1. The molecule has 0 spiro atoms. The van der Waals surface area contributed by atoms with Gasteiger partial charge in [-0.25, -0.2) is 4.39 Å². The van der Waals surface area contributed by atoms with Gasteiger partial charge in [0.15, 0.2) is 0 Å². The van der Waals surface area contributed by atoms with Crippen molar-refractivity contribution in [1.29, 1.82) is 0 Å². The molecule has 1 aromatic heterocycles. The quantitative estimate of drug-likeness (QED) is 0.345. The van der Waals surface area contributed by atoms with E-state index in [1.165, 1.54) is 12.3 Å². The Morgan fingerprint density at radius 1 is 1.59 bits per heavy atom. The Labute approximate surface area is 135 Å². The molecule has 0 amide bonds. The van der Waals surface area contributed by atoms with Gasteiger partial charge >= 0.3 is 5.97 Å². The molecule has 2 rings (SSSR count). The second kappa shape index (κ2) is 5.85. The van der Waals surface area contributed by atoms with Crippen LogP contribution in [0.15, 0.2) is 21.9 Å². The second-order valence-electron chi connectivity index (χ2n) is 6.39. The van der Waals surface area contributed by atoms with E-state index in [1.807, 2.05) is 0 Å². The van der Waals surface area contributed by atoms with E-state index in [1.54, 1.807) is 20.8 Å².